The predicted molar refractivity (Wildman–Crippen MR) is 136 cm³/mol. The summed E-state index contributed by atoms with van der Waals surface area (Å²) in [6, 6.07) is 4.63. The van der Waals surface area contributed by atoms with Crippen LogP contribution in [-0.2, 0) is 14.1 Å². The number of fused-ring (bicyclic) bond motifs is 1. The third kappa shape index (κ3) is 4.15. The van der Waals surface area contributed by atoms with Crippen LogP contribution in [0.5, 0.6) is 11.5 Å². The zero-order chi connectivity index (χ0) is 25.5. The third-order valence-corrected chi connectivity index (χ3v) is 11.1. The molecule has 0 bridgehead atoms. The molecule has 1 saturated heterocycles. The molecule has 1 saturated carbocycles. The average Bonchev–Trinajstić information content (AvgIpc) is 3.40. The van der Waals surface area contributed by atoms with E-state index in [2.05, 4.69) is 42.0 Å². The fraction of sp³-hybridized carbons (Fsp3) is 0.680. The highest BCUT2D eigenvalue weighted by molar-refractivity contribution is 7.57. The van der Waals surface area contributed by atoms with Crippen LogP contribution in [0.3, 0.4) is 0 Å². The molecule has 0 N–H and O–H groups in total. The summed E-state index contributed by atoms with van der Waals surface area (Å²) >= 11 is 0. The van der Waals surface area contributed by atoms with Crippen molar-refractivity contribution in [2.24, 2.45) is 4.99 Å². The molecule has 1 aromatic carbocycles. The van der Waals surface area contributed by atoms with Crippen LogP contribution in [0, 0.1) is 0 Å². The first-order valence-corrected chi connectivity index (χ1v) is 14.1. The van der Waals surface area contributed by atoms with E-state index in [4.69, 9.17) is 14.2 Å². The number of methoxy groups -OCH3 is 3. The number of ether oxygens (including phenoxy) is 3. The van der Waals surface area contributed by atoms with Crippen molar-refractivity contribution in [3.8, 4) is 11.5 Å². The zero-order valence-electron chi connectivity index (χ0n) is 21.9. The molecule has 10 heteroatoms. The van der Waals surface area contributed by atoms with Gasteiger partial charge in [-0.25, -0.2) is 14.1 Å². The van der Waals surface area contributed by atoms with Crippen molar-refractivity contribution < 1.29 is 23.6 Å². The van der Waals surface area contributed by atoms with Crippen molar-refractivity contribution in [1.82, 2.24) is 14.0 Å². The molecule has 0 aromatic heterocycles. The Kier molecular flexibility index (Phi) is 7.51. The van der Waals surface area contributed by atoms with Crippen LogP contribution < -0.4 is 9.47 Å². The Morgan fingerprint density at radius 2 is 1.54 bits per heavy atom. The number of nitrogens with zero attached hydrogens (tertiary/aromatic N) is 4. The monoisotopic (exact) mass is 506 g/mol. The summed E-state index contributed by atoms with van der Waals surface area (Å²) in [6.07, 6.45) is 5.92. The molecule has 0 radical (unpaired) electrons. The van der Waals surface area contributed by atoms with Gasteiger partial charge in [-0.15, -0.1) is 0 Å². The second kappa shape index (κ2) is 10.1. The minimum absolute atomic E-state index is 0.0619. The Morgan fingerprint density at radius 3 is 2.03 bits per heavy atom. The summed E-state index contributed by atoms with van der Waals surface area (Å²) < 4.78 is 37.9. The van der Waals surface area contributed by atoms with Crippen LogP contribution in [0.4, 0.5) is 0 Å². The van der Waals surface area contributed by atoms with E-state index in [1.54, 1.807) is 20.6 Å². The number of esters is 1. The van der Waals surface area contributed by atoms with E-state index in [1.807, 2.05) is 22.9 Å². The SMILES string of the molecule is COC(=O)[C@@H]1N=CN(P2(=O)N(C(C)C)[C@@H]3CCCC[C@H]3N2C(C)C)[C@H]1c1ccc(OC)c(OC)c1. The lowest BCUT2D eigenvalue weighted by atomic mass is 9.89. The first-order chi connectivity index (χ1) is 16.7. The lowest BCUT2D eigenvalue weighted by Crippen LogP contribution is -2.43. The fourth-order valence-electron chi connectivity index (χ4n) is 6.17. The molecular formula is C25H39N4O5P. The van der Waals surface area contributed by atoms with Gasteiger partial charge in [0, 0.05) is 24.2 Å². The van der Waals surface area contributed by atoms with E-state index < -0.39 is 25.6 Å². The van der Waals surface area contributed by atoms with Crippen LogP contribution in [0.1, 0.15) is 65.0 Å². The minimum Gasteiger partial charge on any atom is -0.493 e. The first-order valence-electron chi connectivity index (χ1n) is 12.5. The molecule has 9 nitrogen and oxygen atoms in total. The number of hydrogen-bond donors (Lipinski definition) is 0. The Balaban J connectivity index is 1.88. The highest BCUT2D eigenvalue weighted by Crippen LogP contribution is 2.69. The molecular weight excluding hydrogens is 467 g/mol. The largest absolute Gasteiger partial charge is 0.493 e. The second-order valence-electron chi connectivity index (χ2n) is 10.1. The van der Waals surface area contributed by atoms with E-state index >= 15 is 4.57 Å². The highest BCUT2D eigenvalue weighted by Gasteiger charge is 2.62. The maximum Gasteiger partial charge on any atom is 0.333 e. The molecule has 4 rings (SSSR count). The van der Waals surface area contributed by atoms with Crippen LogP contribution in [0.2, 0.25) is 0 Å². The summed E-state index contributed by atoms with van der Waals surface area (Å²) in [6.45, 7) is 8.44. The first kappa shape index (κ1) is 26.0. The topological polar surface area (TPSA) is 83.9 Å². The van der Waals surface area contributed by atoms with Gasteiger partial charge < -0.3 is 14.2 Å². The molecule has 35 heavy (non-hydrogen) atoms. The summed E-state index contributed by atoms with van der Waals surface area (Å²) in [5, 5.41) is 0. The quantitative estimate of drug-likeness (QED) is 0.395. The Labute approximate surface area is 208 Å². The van der Waals surface area contributed by atoms with E-state index in [1.165, 1.54) is 7.11 Å². The maximum absolute atomic E-state index is 15.5. The van der Waals surface area contributed by atoms with E-state index in [0.29, 0.717) is 11.5 Å². The maximum atomic E-state index is 15.5. The highest BCUT2D eigenvalue weighted by atomic mass is 31.2. The van der Waals surface area contributed by atoms with Crippen LogP contribution >= 0.6 is 7.59 Å². The Hall–Kier alpha value is -2.09. The van der Waals surface area contributed by atoms with Crippen molar-refractivity contribution in [3.63, 3.8) is 0 Å². The van der Waals surface area contributed by atoms with E-state index in [-0.39, 0.29) is 24.2 Å². The van der Waals surface area contributed by atoms with Gasteiger partial charge in [-0.2, -0.15) is 0 Å². The standard InChI is InChI=1S/C25H39N4O5P/c1-16(2)28-19-10-8-9-11-20(19)29(17(3)4)35(28,31)27-15-26-23(25(30)34-7)24(27)18-12-13-21(32-5)22(14-18)33-6/h12-17,19-20,23-24H,8-11H2,1-7H3/t19-,20-,23-,24+/m1/s1. The number of hydrogen-bond acceptors (Lipinski definition) is 6. The smallest absolute Gasteiger partial charge is 0.333 e. The average molecular weight is 507 g/mol. The molecule has 0 unspecified atom stereocenters. The van der Waals surface area contributed by atoms with Crippen molar-refractivity contribution >= 4 is 19.9 Å². The number of carbonyl (C=O) groups is 1. The Bertz CT molecular complexity index is 988. The molecule has 3 aliphatic rings. The molecule has 194 valence electrons. The third-order valence-electron chi connectivity index (χ3n) is 7.46. The van der Waals surface area contributed by atoms with Gasteiger partial charge in [-0.05, 0) is 58.2 Å². The number of carbonyl (C=O) groups excluding carboxylic acids is 1. The van der Waals surface area contributed by atoms with Crippen molar-refractivity contribution in [2.45, 2.75) is 89.6 Å². The van der Waals surface area contributed by atoms with E-state index in [0.717, 1.165) is 31.2 Å². The van der Waals surface area contributed by atoms with Gasteiger partial charge in [0.2, 0.25) is 0 Å². The normalized spacial score (nSPS) is 28.5. The second-order valence-corrected chi connectivity index (χ2v) is 12.5. The summed E-state index contributed by atoms with van der Waals surface area (Å²) in [7, 11) is 1.18. The summed E-state index contributed by atoms with van der Waals surface area (Å²) in [4.78, 5) is 17.5. The van der Waals surface area contributed by atoms with Gasteiger partial charge >= 0.3 is 13.6 Å². The molecule has 0 amide bonds. The molecule has 4 atom stereocenters. The zero-order valence-corrected chi connectivity index (χ0v) is 22.8. The number of benzene rings is 1. The lowest BCUT2D eigenvalue weighted by Gasteiger charge is -2.43. The lowest BCUT2D eigenvalue weighted by molar-refractivity contribution is -0.142. The summed E-state index contributed by atoms with van der Waals surface area (Å²) in [5.41, 5.74) is 0.771. The predicted octanol–water partition coefficient (Wildman–Crippen LogP) is 4.48. The van der Waals surface area contributed by atoms with Crippen molar-refractivity contribution in [1.29, 1.82) is 0 Å². The summed E-state index contributed by atoms with van der Waals surface area (Å²) in [5.74, 6) is 0.668. The molecule has 1 aromatic rings. The van der Waals surface area contributed by atoms with Gasteiger partial charge in [-0.3, -0.25) is 14.2 Å². The van der Waals surface area contributed by atoms with Gasteiger partial charge in [-0.1, -0.05) is 18.9 Å². The molecule has 2 heterocycles. The van der Waals surface area contributed by atoms with Crippen LogP contribution in [0.15, 0.2) is 23.2 Å². The molecule has 2 aliphatic heterocycles. The number of rotatable bonds is 7. The minimum atomic E-state index is -3.34. The van der Waals surface area contributed by atoms with Gasteiger partial charge in [0.15, 0.2) is 17.5 Å². The van der Waals surface area contributed by atoms with Crippen LogP contribution in [-0.4, -0.2) is 77.9 Å². The fourth-order valence-corrected chi connectivity index (χ4v) is 10.2. The molecule has 0 spiro atoms. The molecule has 1 aliphatic carbocycles. The van der Waals surface area contributed by atoms with Gasteiger partial charge in [0.25, 0.3) is 0 Å². The van der Waals surface area contributed by atoms with Crippen molar-refractivity contribution in [3.05, 3.63) is 23.8 Å². The van der Waals surface area contributed by atoms with Gasteiger partial charge in [0.05, 0.1) is 33.7 Å². The van der Waals surface area contributed by atoms with E-state index in [9.17, 15) is 4.79 Å². The van der Waals surface area contributed by atoms with Crippen LogP contribution in [0.25, 0.3) is 0 Å². The Morgan fingerprint density at radius 1 is 0.971 bits per heavy atom. The number of aliphatic imine (C=N–C) groups is 1. The van der Waals surface area contributed by atoms with Gasteiger partial charge in [0.1, 0.15) is 0 Å². The molecule has 2 fully saturated rings. The van der Waals surface area contributed by atoms with Crippen molar-refractivity contribution in [2.75, 3.05) is 21.3 Å².